The van der Waals surface area contributed by atoms with Gasteiger partial charge in [-0.3, -0.25) is 4.79 Å². The minimum Gasteiger partial charge on any atom is -0.320 e. The van der Waals surface area contributed by atoms with E-state index in [0.29, 0.717) is 11.5 Å². The van der Waals surface area contributed by atoms with Gasteiger partial charge in [-0.1, -0.05) is 52.3 Å². The molecule has 1 aliphatic rings. The molecular weight excluding hydrogens is 404 g/mol. The molecule has 0 spiro atoms. The Balaban J connectivity index is 1.78. The molecule has 1 saturated carbocycles. The summed E-state index contributed by atoms with van der Waals surface area (Å²) in [7, 11) is 0. The molecule has 1 amide bonds. The van der Waals surface area contributed by atoms with Gasteiger partial charge in [0.25, 0.3) is 5.91 Å². The largest absolute Gasteiger partial charge is 0.320 e. The van der Waals surface area contributed by atoms with Crippen LogP contribution < -0.4 is 4.80 Å². The van der Waals surface area contributed by atoms with E-state index in [4.69, 9.17) is 0 Å². The molecule has 0 unspecified atom stereocenters. The van der Waals surface area contributed by atoms with E-state index >= 15 is 0 Å². The first-order valence-corrected chi connectivity index (χ1v) is 12.0. The maximum Gasteiger partial charge on any atom is 0.283 e. The summed E-state index contributed by atoms with van der Waals surface area (Å²) in [5, 5.41) is 4.54. The van der Waals surface area contributed by atoms with Crippen molar-refractivity contribution in [3.63, 3.8) is 0 Å². The van der Waals surface area contributed by atoms with Gasteiger partial charge in [0.2, 0.25) is 0 Å². The van der Waals surface area contributed by atoms with Gasteiger partial charge in [0, 0.05) is 17.1 Å². The summed E-state index contributed by atoms with van der Waals surface area (Å²) in [6.07, 6.45) is 5.94. The Labute approximate surface area is 188 Å². The van der Waals surface area contributed by atoms with Crippen LogP contribution in [-0.2, 0) is 18.4 Å². The fourth-order valence-electron chi connectivity index (χ4n) is 4.01. The van der Waals surface area contributed by atoms with Crippen LogP contribution in [0.25, 0.3) is 5.69 Å². The fraction of sp³-hybridized carbons (Fsp3) is 0.480. The molecule has 0 radical (unpaired) electrons. The topological polar surface area (TPSA) is 52.2 Å². The molecule has 0 N–H and O–H groups in total. The first-order valence-electron chi connectivity index (χ1n) is 11.2. The molecular formula is C25H32N4OS. The summed E-state index contributed by atoms with van der Waals surface area (Å²) in [4.78, 5) is 20.1. The number of benzene rings is 1. The summed E-state index contributed by atoms with van der Waals surface area (Å²) >= 11 is 1.66. The Morgan fingerprint density at radius 2 is 1.94 bits per heavy atom. The second kappa shape index (κ2) is 8.58. The number of thiazole rings is 1. The zero-order chi connectivity index (χ0) is 22.2. The lowest BCUT2D eigenvalue weighted by molar-refractivity contribution is 0.0996. The van der Waals surface area contributed by atoms with E-state index in [1.165, 1.54) is 23.4 Å². The van der Waals surface area contributed by atoms with Gasteiger partial charge in [0.1, 0.15) is 0 Å². The van der Waals surface area contributed by atoms with Crippen LogP contribution in [0.4, 0.5) is 0 Å². The van der Waals surface area contributed by atoms with Crippen LogP contribution in [0, 0.1) is 12.8 Å². The van der Waals surface area contributed by atoms with Gasteiger partial charge in [0.15, 0.2) is 4.80 Å². The fourth-order valence-corrected chi connectivity index (χ4v) is 5.20. The zero-order valence-corrected chi connectivity index (χ0v) is 20.0. The summed E-state index contributed by atoms with van der Waals surface area (Å²) < 4.78 is 4.15. The van der Waals surface area contributed by atoms with Crippen LogP contribution in [0.2, 0.25) is 0 Å². The highest BCUT2D eigenvalue weighted by Crippen LogP contribution is 2.33. The molecule has 0 bridgehead atoms. The monoisotopic (exact) mass is 436 g/mol. The second-order valence-corrected chi connectivity index (χ2v) is 10.5. The van der Waals surface area contributed by atoms with Gasteiger partial charge in [-0.05, 0) is 49.7 Å². The number of amides is 1. The molecule has 1 aromatic carbocycles. The third-order valence-corrected chi connectivity index (χ3v) is 7.37. The number of hydrogen-bond acceptors (Lipinski definition) is 3. The number of nitrogens with zero attached hydrogens (tertiary/aromatic N) is 4. The lowest BCUT2D eigenvalue weighted by atomic mass is 9.93. The molecule has 3 aromatic rings. The van der Waals surface area contributed by atoms with Crippen LogP contribution in [0.1, 0.15) is 73.6 Å². The van der Waals surface area contributed by atoms with Crippen molar-refractivity contribution in [2.45, 2.75) is 72.3 Å². The molecule has 2 aromatic heterocycles. The normalized spacial score (nSPS) is 14.9. The van der Waals surface area contributed by atoms with Crippen molar-refractivity contribution in [2.24, 2.45) is 10.9 Å². The molecule has 2 heterocycles. The Bertz CT molecular complexity index is 1140. The molecule has 6 heteroatoms. The van der Waals surface area contributed by atoms with E-state index in [1.807, 2.05) is 35.0 Å². The Kier molecular flexibility index (Phi) is 6.02. The van der Waals surface area contributed by atoms with E-state index in [0.717, 1.165) is 35.6 Å². The standard InChI is InChI=1S/C25H32N4OS/c1-6-10-21-20(15-26-29(21)19-11-8-7-9-12-19)23(30)27-24-28(16-18-13-14-18)17(2)22(31-24)25(3,4)5/h7-9,11-12,15,18H,6,10,13-14,16H2,1-5H3/b27-24-. The zero-order valence-electron chi connectivity index (χ0n) is 19.2. The van der Waals surface area contributed by atoms with Crippen LogP contribution in [-0.4, -0.2) is 20.3 Å². The predicted octanol–water partition coefficient (Wildman–Crippen LogP) is 5.44. The minimum atomic E-state index is -0.197. The number of rotatable bonds is 6. The average Bonchev–Trinajstić information content (AvgIpc) is 3.37. The van der Waals surface area contributed by atoms with Crippen LogP contribution in [0.15, 0.2) is 41.5 Å². The van der Waals surface area contributed by atoms with E-state index in [9.17, 15) is 4.79 Å². The van der Waals surface area contributed by atoms with Gasteiger partial charge >= 0.3 is 0 Å². The molecule has 4 rings (SSSR count). The highest BCUT2D eigenvalue weighted by Gasteiger charge is 2.27. The number of para-hydroxylation sites is 1. The highest BCUT2D eigenvalue weighted by molar-refractivity contribution is 7.09. The van der Waals surface area contributed by atoms with Gasteiger partial charge in [0.05, 0.1) is 23.1 Å². The second-order valence-electron chi connectivity index (χ2n) is 9.52. The van der Waals surface area contributed by atoms with Crippen molar-refractivity contribution in [3.05, 3.63) is 63.2 Å². The smallest absolute Gasteiger partial charge is 0.283 e. The predicted molar refractivity (Wildman–Crippen MR) is 126 cm³/mol. The Morgan fingerprint density at radius 3 is 2.55 bits per heavy atom. The van der Waals surface area contributed by atoms with Crippen LogP contribution in [0.5, 0.6) is 0 Å². The van der Waals surface area contributed by atoms with Gasteiger partial charge in [-0.25, -0.2) is 4.68 Å². The number of carbonyl (C=O) groups is 1. The van der Waals surface area contributed by atoms with Crippen molar-refractivity contribution in [3.8, 4) is 5.69 Å². The average molecular weight is 437 g/mol. The maximum atomic E-state index is 13.4. The third-order valence-electron chi connectivity index (χ3n) is 5.76. The van der Waals surface area contributed by atoms with Gasteiger partial charge in [-0.15, -0.1) is 11.3 Å². The van der Waals surface area contributed by atoms with Gasteiger partial charge < -0.3 is 4.57 Å². The van der Waals surface area contributed by atoms with Crippen molar-refractivity contribution < 1.29 is 4.79 Å². The van der Waals surface area contributed by atoms with E-state index in [1.54, 1.807) is 17.5 Å². The minimum absolute atomic E-state index is 0.0302. The maximum absolute atomic E-state index is 13.4. The number of hydrogen-bond donors (Lipinski definition) is 0. The molecule has 0 saturated heterocycles. The Morgan fingerprint density at radius 1 is 1.23 bits per heavy atom. The van der Waals surface area contributed by atoms with Crippen molar-refractivity contribution >= 4 is 17.2 Å². The van der Waals surface area contributed by atoms with E-state index in [2.05, 4.69) is 49.3 Å². The number of carbonyl (C=O) groups excluding carboxylic acids is 1. The first-order chi connectivity index (χ1) is 14.8. The van der Waals surface area contributed by atoms with E-state index in [-0.39, 0.29) is 11.3 Å². The highest BCUT2D eigenvalue weighted by atomic mass is 32.1. The molecule has 1 aliphatic carbocycles. The molecule has 5 nitrogen and oxygen atoms in total. The molecule has 1 fully saturated rings. The summed E-state index contributed by atoms with van der Waals surface area (Å²) in [5.74, 6) is 0.517. The van der Waals surface area contributed by atoms with Gasteiger partial charge in [-0.2, -0.15) is 10.1 Å². The van der Waals surface area contributed by atoms with Crippen molar-refractivity contribution in [1.29, 1.82) is 0 Å². The van der Waals surface area contributed by atoms with Crippen LogP contribution in [0.3, 0.4) is 0 Å². The van der Waals surface area contributed by atoms with Crippen molar-refractivity contribution in [1.82, 2.24) is 14.3 Å². The van der Waals surface area contributed by atoms with E-state index < -0.39 is 0 Å². The third kappa shape index (κ3) is 4.59. The van der Waals surface area contributed by atoms with Crippen molar-refractivity contribution in [2.75, 3.05) is 0 Å². The molecule has 0 atom stereocenters. The first kappa shape index (κ1) is 21.8. The quantitative estimate of drug-likeness (QED) is 0.516. The summed E-state index contributed by atoms with van der Waals surface area (Å²) in [5.41, 5.74) is 3.77. The lowest BCUT2D eigenvalue weighted by Gasteiger charge is -2.17. The molecule has 164 valence electrons. The Hall–Kier alpha value is -2.47. The summed E-state index contributed by atoms with van der Waals surface area (Å²) in [6.45, 7) is 11.9. The lowest BCUT2D eigenvalue weighted by Crippen LogP contribution is -2.20. The SMILES string of the molecule is CCCc1c(C(=O)/N=c2\sc(C(C)(C)C)c(C)n2CC2CC2)cnn1-c1ccccc1. The van der Waals surface area contributed by atoms with Crippen LogP contribution >= 0.6 is 11.3 Å². The molecule has 31 heavy (non-hydrogen) atoms. The number of aromatic nitrogens is 3. The summed E-state index contributed by atoms with van der Waals surface area (Å²) in [6, 6.07) is 9.99. The molecule has 0 aliphatic heterocycles.